The first-order valence-electron chi connectivity index (χ1n) is 3.41. The van der Waals surface area contributed by atoms with Crippen molar-refractivity contribution in [2.24, 2.45) is 5.11 Å². The van der Waals surface area contributed by atoms with Crippen molar-refractivity contribution < 1.29 is 4.92 Å². The first-order chi connectivity index (χ1) is 6.25. The van der Waals surface area contributed by atoms with Crippen molar-refractivity contribution in [2.45, 2.75) is 6.54 Å². The molecule has 1 aromatic rings. The maximum atomic E-state index is 10.4. The van der Waals surface area contributed by atoms with Gasteiger partial charge in [-0.25, -0.2) is 9.55 Å². The molecular weight excluding hydrogens is 212 g/mol. The third-order valence-electron chi connectivity index (χ3n) is 1.38. The van der Waals surface area contributed by atoms with Gasteiger partial charge in [0.25, 0.3) is 0 Å². The van der Waals surface area contributed by atoms with Crippen LogP contribution in [0.5, 0.6) is 0 Å². The molecule has 0 amide bonds. The second kappa shape index (κ2) is 5.79. The van der Waals surface area contributed by atoms with Crippen LogP contribution < -0.4 is 0 Å². The van der Waals surface area contributed by atoms with Crippen LogP contribution in [0.1, 0.15) is 0 Å². The van der Waals surface area contributed by atoms with Crippen LogP contribution in [0.15, 0.2) is 17.6 Å². The monoisotopic (exact) mass is 218 g/mol. The number of aromatic nitrogens is 2. The van der Waals surface area contributed by atoms with Crippen molar-refractivity contribution in [3.05, 3.63) is 33.1 Å². The Labute approximate surface area is 84.7 Å². The number of imidazole rings is 1. The van der Waals surface area contributed by atoms with Gasteiger partial charge in [-0.15, -0.1) is 12.4 Å². The van der Waals surface area contributed by atoms with E-state index in [1.165, 1.54) is 10.9 Å². The summed E-state index contributed by atoms with van der Waals surface area (Å²) in [7, 11) is 0. The van der Waals surface area contributed by atoms with E-state index in [-0.39, 0.29) is 31.3 Å². The summed E-state index contributed by atoms with van der Waals surface area (Å²) >= 11 is 0. The van der Waals surface area contributed by atoms with Crippen LogP contribution in [0.4, 0.5) is 5.82 Å². The summed E-state index contributed by atoms with van der Waals surface area (Å²) in [6.07, 6.45) is 2.47. The van der Waals surface area contributed by atoms with Crippen molar-refractivity contribution in [1.82, 2.24) is 9.55 Å². The number of azide groups is 1. The molecule has 0 radical (unpaired) electrons. The molecule has 0 saturated carbocycles. The first kappa shape index (κ1) is 12.2. The van der Waals surface area contributed by atoms with Gasteiger partial charge in [0.1, 0.15) is 6.20 Å². The second-order valence-corrected chi connectivity index (χ2v) is 2.16. The van der Waals surface area contributed by atoms with Crippen molar-refractivity contribution >= 4 is 18.2 Å². The summed E-state index contributed by atoms with van der Waals surface area (Å²) in [5.74, 6) is -0.104. The Bertz CT molecular complexity index is 357. The molecule has 8 nitrogen and oxygen atoms in total. The number of hydrogen-bond donors (Lipinski definition) is 0. The average Bonchev–Trinajstić information content (AvgIpc) is 2.53. The van der Waals surface area contributed by atoms with E-state index in [9.17, 15) is 10.1 Å². The zero-order valence-corrected chi connectivity index (χ0v) is 7.79. The highest BCUT2D eigenvalue weighted by Crippen LogP contribution is 2.08. The Morgan fingerprint density at radius 1 is 1.79 bits per heavy atom. The summed E-state index contributed by atoms with van der Waals surface area (Å²) < 4.78 is 1.31. The van der Waals surface area contributed by atoms with E-state index >= 15 is 0 Å². The normalized spacial score (nSPS) is 8.57. The molecule has 0 unspecified atom stereocenters. The van der Waals surface area contributed by atoms with Gasteiger partial charge in [-0.1, -0.05) is 5.11 Å². The van der Waals surface area contributed by atoms with E-state index < -0.39 is 4.92 Å². The minimum Gasteiger partial charge on any atom is -0.358 e. The number of rotatable bonds is 4. The molecule has 1 rings (SSSR count). The van der Waals surface area contributed by atoms with Crippen LogP contribution in [0, 0.1) is 10.1 Å². The topological polar surface area (TPSA) is 110 Å². The van der Waals surface area contributed by atoms with Gasteiger partial charge < -0.3 is 10.1 Å². The summed E-state index contributed by atoms with van der Waals surface area (Å²) in [6, 6.07) is 0. The van der Waals surface area contributed by atoms with E-state index in [2.05, 4.69) is 15.0 Å². The fourth-order valence-electron chi connectivity index (χ4n) is 0.835. The molecule has 0 aliphatic rings. The highest BCUT2D eigenvalue weighted by Gasteiger charge is 2.11. The van der Waals surface area contributed by atoms with Crippen molar-refractivity contribution in [3.63, 3.8) is 0 Å². The third-order valence-corrected chi connectivity index (χ3v) is 1.38. The number of nitro groups is 1. The van der Waals surface area contributed by atoms with Crippen LogP contribution >= 0.6 is 12.4 Å². The molecule has 0 fully saturated rings. The molecule has 76 valence electrons. The van der Waals surface area contributed by atoms with Crippen LogP contribution in [0.3, 0.4) is 0 Å². The SMILES string of the molecule is Cl.[N-]=[N+]=NCCn1cncc1[N+](=O)[O-]. The van der Waals surface area contributed by atoms with Gasteiger partial charge in [0, 0.05) is 4.91 Å². The van der Waals surface area contributed by atoms with Gasteiger partial charge in [-0.2, -0.15) is 0 Å². The molecular formula is C5H7ClN6O2. The molecule has 1 heterocycles. The van der Waals surface area contributed by atoms with Crippen molar-refractivity contribution in [1.29, 1.82) is 0 Å². The Morgan fingerprint density at radius 2 is 2.50 bits per heavy atom. The Hall–Kier alpha value is -1.79. The molecule has 0 aromatic carbocycles. The molecule has 0 saturated heterocycles. The zero-order chi connectivity index (χ0) is 9.68. The lowest BCUT2D eigenvalue weighted by Crippen LogP contribution is -2.03. The average molecular weight is 219 g/mol. The Morgan fingerprint density at radius 3 is 3.07 bits per heavy atom. The number of nitrogens with zero attached hydrogens (tertiary/aromatic N) is 6. The maximum absolute atomic E-state index is 10.4. The molecule has 0 aliphatic heterocycles. The molecule has 14 heavy (non-hydrogen) atoms. The van der Waals surface area contributed by atoms with Crippen LogP contribution in [-0.2, 0) is 6.54 Å². The first-order valence-corrected chi connectivity index (χ1v) is 3.41. The smallest absolute Gasteiger partial charge is 0.342 e. The molecule has 0 atom stereocenters. The predicted molar refractivity (Wildman–Crippen MR) is 50.1 cm³/mol. The number of halogens is 1. The Balaban J connectivity index is 0.00000169. The third kappa shape index (κ3) is 2.92. The van der Waals surface area contributed by atoms with Crippen molar-refractivity contribution in [3.8, 4) is 0 Å². The van der Waals surface area contributed by atoms with Crippen LogP contribution in [0.2, 0.25) is 0 Å². The minimum absolute atomic E-state index is 0. The largest absolute Gasteiger partial charge is 0.358 e. The molecule has 0 spiro atoms. The number of hydrogen-bond acceptors (Lipinski definition) is 4. The lowest BCUT2D eigenvalue weighted by Gasteiger charge is -1.96. The minimum atomic E-state index is -0.539. The lowest BCUT2D eigenvalue weighted by molar-refractivity contribution is -0.392. The van der Waals surface area contributed by atoms with Gasteiger partial charge in [-0.3, -0.25) is 0 Å². The summed E-state index contributed by atoms with van der Waals surface area (Å²) in [5.41, 5.74) is 7.97. The predicted octanol–water partition coefficient (Wildman–Crippen LogP) is 1.52. The fourth-order valence-corrected chi connectivity index (χ4v) is 0.835. The molecule has 1 aromatic heterocycles. The molecule has 0 aliphatic carbocycles. The van der Waals surface area contributed by atoms with Gasteiger partial charge in [0.15, 0.2) is 6.33 Å². The maximum Gasteiger partial charge on any atom is 0.342 e. The second-order valence-electron chi connectivity index (χ2n) is 2.16. The molecule has 0 N–H and O–H groups in total. The van der Waals surface area contributed by atoms with E-state index in [1.807, 2.05) is 0 Å². The Kier molecular flexibility index (Phi) is 5.05. The lowest BCUT2D eigenvalue weighted by atomic mass is 10.6. The summed E-state index contributed by atoms with van der Waals surface area (Å²) in [6.45, 7) is 0.439. The quantitative estimate of drug-likeness (QED) is 0.251. The van der Waals surface area contributed by atoms with E-state index in [1.54, 1.807) is 0 Å². The highest BCUT2D eigenvalue weighted by molar-refractivity contribution is 5.85. The highest BCUT2D eigenvalue weighted by atomic mass is 35.5. The standard InChI is InChI=1S/C5H6N6O2.ClH/c6-9-8-1-2-10-4-7-3-5(10)11(12)13;/h3-4H,1-2H2;1H. The van der Waals surface area contributed by atoms with Gasteiger partial charge >= 0.3 is 5.82 Å². The van der Waals surface area contributed by atoms with E-state index in [0.717, 1.165) is 6.20 Å². The van der Waals surface area contributed by atoms with Crippen molar-refractivity contribution in [2.75, 3.05) is 6.54 Å². The molecule has 0 bridgehead atoms. The van der Waals surface area contributed by atoms with E-state index in [0.29, 0.717) is 0 Å². The summed E-state index contributed by atoms with van der Waals surface area (Å²) in [4.78, 5) is 16.0. The fraction of sp³-hybridized carbons (Fsp3) is 0.400. The summed E-state index contributed by atoms with van der Waals surface area (Å²) in [5, 5.41) is 13.6. The van der Waals surface area contributed by atoms with Crippen LogP contribution in [-0.4, -0.2) is 21.0 Å². The van der Waals surface area contributed by atoms with Gasteiger partial charge in [0.2, 0.25) is 0 Å². The zero-order valence-electron chi connectivity index (χ0n) is 6.98. The van der Waals surface area contributed by atoms with Gasteiger partial charge in [-0.05, 0) is 10.5 Å². The van der Waals surface area contributed by atoms with Gasteiger partial charge in [0.05, 0.1) is 13.1 Å². The van der Waals surface area contributed by atoms with Crippen LogP contribution in [0.25, 0.3) is 10.4 Å². The van der Waals surface area contributed by atoms with E-state index in [4.69, 9.17) is 5.53 Å². The molecule has 9 heteroatoms.